The van der Waals surface area contributed by atoms with E-state index >= 15 is 0 Å². The van der Waals surface area contributed by atoms with Crippen molar-refractivity contribution < 1.29 is 50.4 Å². The summed E-state index contributed by atoms with van der Waals surface area (Å²) in [4.78, 5) is 51.9. The van der Waals surface area contributed by atoms with Crippen LogP contribution in [-0.4, -0.2) is 80.5 Å². The third-order valence-electron chi connectivity index (χ3n) is 10.2. The third kappa shape index (κ3) is 14.9. The van der Waals surface area contributed by atoms with Crippen LogP contribution in [0, 0.1) is 47.3 Å². The zero-order chi connectivity index (χ0) is 40.6. The lowest BCUT2D eigenvalue weighted by Gasteiger charge is -2.33. The number of allylic oxidation sites excluding steroid dienone is 6. The molecule has 0 aromatic rings. The van der Waals surface area contributed by atoms with Gasteiger partial charge < -0.3 is 29.9 Å². The maximum absolute atomic E-state index is 13.0. The molecule has 1 aliphatic rings. The molecule has 4 N–H and O–H groups in total. The van der Waals surface area contributed by atoms with Crippen molar-refractivity contribution in [3.05, 3.63) is 72.9 Å². The molecule has 0 amide bonds. The molecule has 0 aromatic carbocycles. The predicted molar refractivity (Wildman–Crippen MR) is 203 cm³/mol. The van der Waals surface area contributed by atoms with E-state index in [4.69, 9.17) is 10.8 Å². The summed E-state index contributed by atoms with van der Waals surface area (Å²) >= 11 is 0. The minimum absolute atomic E-state index is 0.197. The highest BCUT2D eigenvalue weighted by atomic mass is 16.5. The number of hydrogen-bond acceptors (Lipinski definition) is 10. The Hall–Kier alpha value is -3.44. The zero-order valence-corrected chi connectivity index (χ0v) is 32.6. The number of aliphatic hydroxyl groups excluding tert-OH is 3. The Morgan fingerprint density at radius 2 is 1.06 bits per heavy atom. The molecule has 0 aromatic heterocycles. The summed E-state index contributed by atoms with van der Waals surface area (Å²) in [7, 11) is 0. The number of cyclic esters (lactones) is 2. The lowest BCUT2D eigenvalue weighted by Crippen LogP contribution is -2.41. The van der Waals surface area contributed by atoms with Crippen molar-refractivity contribution >= 4 is 23.5 Å². The fourth-order valence-electron chi connectivity index (χ4n) is 6.28. The van der Waals surface area contributed by atoms with Crippen molar-refractivity contribution in [2.24, 2.45) is 47.3 Å². The summed E-state index contributed by atoms with van der Waals surface area (Å²) in [6.07, 6.45) is 12.4. The average molecular weight is 731 g/mol. The van der Waals surface area contributed by atoms with E-state index in [0.717, 1.165) is 0 Å². The van der Waals surface area contributed by atoms with E-state index in [1.807, 2.05) is 6.92 Å². The van der Waals surface area contributed by atoms with Crippen LogP contribution in [0.2, 0.25) is 0 Å². The molecule has 0 saturated heterocycles. The van der Waals surface area contributed by atoms with Gasteiger partial charge in [0.05, 0.1) is 25.8 Å². The molecule has 10 heteroatoms. The minimum atomic E-state index is -1.76. The second-order valence-corrected chi connectivity index (χ2v) is 14.3. The Labute approximate surface area is 312 Å². The molecule has 14 atom stereocenters. The van der Waals surface area contributed by atoms with Gasteiger partial charge in [-0.3, -0.25) is 9.59 Å². The lowest BCUT2D eigenvalue weighted by atomic mass is 9.82. The maximum Gasteiger partial charge on any atom is 0.331 e. The van der Waals surface area contributed by atoms with Gasteiger partial charge in [-0.1, -0.05) is 104 Å². The van der Waals surface area contributed by atoms with E-state index in [1.54, 1.807) is 85.8 Å². The van der Waals surface area contributed by atoms with E-state index in [-0.39, 0.29) is 11.7 Å². The molecular formula is C42H64O10. The van der Waals surface area contributed by atoms with Crippen molar-refractivity contribution in [1.29, 1.82) is 0 Å². The van der Waals surface area contributed by atoms with Gasteiger partial charge in [0.25, 0.3) is 0 Å². The fourth-order valence-corrected chi connectivity index (χ4v) is 6.28. The first-order valence-corrected chi connectivity index (χ1v) is 18.5. The molecule has 0 saturated carbocycles. The molecule has 0 radical (unpaired) electrons. The van der Waals surface area contributed by atoms with E-state index in [1.165, 1.54) is 49.5 Å². The topological polar surface area (TPSA) is 168 Å². The molecule has 0 bridgehead atoms. The second kappa shape index (κ2) is 23.3. The van der Waals surface area contributed by atoms with Crippen molar-refractivity contribution in [1.82, 2.24) is 0 Å². The van der Waals surface area contributed by atoms with Crippen LogP contribution in [0.4, 0.5) is 0 Å². The summed E-state index contributed by atoms with van der Waals surface area (Å²) < 4.78 is 19.5. The number of esters is 2. The fraction of sp³-hybridized carbons (Fsp3) is 0.619. The van der Waals surface area contributed by atoms with Crippen LogP contribution < -0.4 is 0 Å². The van der Waals surface area contributed by atoms with Gasteiger partial charge in [0.2, 0.25) is 0 Å². The number of ketones is 2. The number of ether oxygens (including phenoxy) is 2. The quantitative estimate of drug-likeness (QED) is 0.115. The number of hydrogen-bond donors (Lipinski definition) is 4. The summed E-state index contributed by atoms with van der Waals surface area (Å²) in [6, 6.07) is 0. The molecule has 1 heterocycles. The van der Waals surface area contributed by atoms with E-state index < -0.39 is 95.7 Å². The highest BCUT2D eigenvalue weighted by molar-refractivity contribution is 5.92. The normalized spacial score (nSPS) is 29.8. The zero-order valence-electron chi connectivity index (χ0n) is 33.6. The third-order valence-corrected chi connectivity index (χ3v) is 10.2. The molecule has 52 heavy (non-hydrogen) atoms. The molecular weight excluding hydrogens is 664 g/mol. The largest absolute Gasteiger partial charge is 0.458 e. The molecule has 1 rings (SSSR count). The number of carbonyl (C=O) groups excluding carboxylic acids is 4. The molecule has 1 aliphatic heterocycles. The first-order chi connectivity index (χ1) is 24.7. The maximum atomic E-state index is 13.0. The van der Waals surface area contributed by atoms with Crippen LogP contribution in [0.3, 0.4) is 0 Å². The van der Waals surface area contributed by atoms with Crippen molar-refractivity contribution in [3.8, 4) is 0 Å². The Balaban J connectivity index is 3.26. The van der Waals surface area contributed by atoms with Gasteiger partial charge in [-0.25, -0.2) is 9.59 Å². The Bertz CT molecular complexity index is 1370. The number of carbonyl (C=O) groups is 4. The van der Waals surface area contributed by atoms with Gasteiger partial charge in [0, 0.05) is 59.5 Å². The Morgan fingerprint density at radius 1 is 0.692 bits per heavy atom. The van der Waals surface area contributed by atoms with E-state index in [0.29, 0.717) is 12.8 Å². The van der Waals surface area contributed by atoms with Crippen LogP contribution in [-0.2, 0) is 28.7 Å². The van der Waals surface area contributed by atoms with Crippen LogP contribution >= 0.6 is 0 Å². The molecule has 0 fully saturated rings. The second-order valence-electron chi connectivity index (χ2n) is 14.3. The summed E-state index contributed by atoms with van der Waals surface area (Å²) in [6.45, 7) is 16.8. The highest BCUT2D eigenvalue weighted by Gasteiger charge is 2.37. The highest BCUT2D eigenvalue weighted by Crippen LogP contribution is 2.28. The smallest absolute Gasteiger partial charge is 0.331 e. The van der Waals surface area contributed by atoms with Gasteiger partial charge in [-0.05, 0) is 38.8 Å². The van der Waals surface area contributed by atoms with E-state index in [9.17, 15) is 39.6 Å². The molecule has 0 unspecified atom stereocenters. The van der Waals surface area contributed by atoms with Gasteiger partial charge >= 0.3 is 11.9 Å². The summed E-state index contributed by atoms with van der Waals surface area (Å²) in [5, 5.41) is 42.4. The standard InChI is InChI=1S/C42H64O10/c1-11-33(31(9)43)21-23-35(45)27(5)39(49)29(7)41-25(3)17-13-15-20-38(48)52-42(26(4)18-14-16-19-37(47)51-41)30(8)40(50)28(6)36(46)24-22-34(12-2)32(10)44/h13-34,39-44,49-50H,11-12H2,1-10H3/b17-13+,18-14+,19-16+,20-15+,23-21+,24-22+/t25-,26-,27+,28+,29-,30-,31+,32+,33-,34-,39-,40-,41-,42-/m0/s1/i31T. The van der Waals surface area contributed by atoms with Crippen molar-refractivity contribution in [2.45, 2.75) is 119 Å². The van der Waals surface area contributed by atoms with Crippen LogP contribution in [0.15, 0.2) is 72.9 Å². The van der Waals surface area contributed by atoms with Crippen LogP contribution in [0.1, 0.15) is 83.4 Å². The molecule has 292 valence electrons. The van der Waals surface area contributed by atoms with Gasteiger partial charge in [-0.15, -0.1) is 0 Å². The Morgan fingerprint density at radius 3 is 1.38 bits per heavy atom. The number of aliphatic hydroxyl groups is 4. The monoisotopic (exact) mass is 730 g/mol. The van der Waals surface area contributed by atoms with Gasteiger partial charge in [0.1, 0.15) is 12.2 Å². The lowest BCUT2D eigenvalue weighted by molar-refractivity contribution is -0.152. The van der Waals surface area contributed by atoms with Gasteiger partial charge in [0.15, 0.2) is 11.6 Å². The van der Waals surface area contributed by atoms with Crippen LogP contribution in [0.25, 0.3) is 0 Å². The van der Waals surface area contributed by atoms with Crippen molar-refractivity contribution in [3.63, 3.8) is 0 Å². The average Bonchev–Trinajstić information content (AvgIpc) is 3.10. The SMILES string of the molecule is [3H][C@](C)(O)[C@H](/C=C/C(=O)[C@@H](C)[C@H](O)[C@H](C)[C@H]1OC(=O)/C=C/C=C/[C@H](C)[C@@H]([C@@H](C)[C@@H](O)[C@H](C)C(=O)/C=C/[C@H](CC)[C@@H](C)O)OC(=O)/C=C/C=C/[C@@H]1C)CC. The number of rotatable bonds is 16. The van der Waals surface area contributed by atoms with Crippen LogP contribution in [0.5, 0.6) is 0 Å². The Kier molecular flexibility index (Phi) is 20.0. The predicted octanol–water partition coefficient (Wildman–Crippen LogP) is 5.65. The summed E-state index contributed by atoms with van der Waals surface area (Å²) in [5.74, 6) is -6.81. The summed E-state index contributed by atoms with van der Waals surface area (Å²) in [5.41, 5.74) is 0. The van der Waals surface area contributed by atoms with E-state index in [2.05, 4.69) is 0 Å². The molecule has 10 nitrogen and oxygen atoms in total. The first kappa shape index (κ1) is 44.7. The molecule has 0 aliphatic carbocycles. The van der Waals surface area contributed by atoms with Crippen molar-refractivity contribution in [2.75, 3.05) is 0 Å². The first-order valence-electron chi connectivity index (χ1n) is 19.0. The minimum Gasteiger partial charge on any atom is -0.458 e. The van der Waals surface area contributed by atoms with Gasteiger partial charge in [-0.2, -0.15) is 0 Å². The molecule has 0 spiro atoms.